The van der Waals surface area contributed by atoms with Crippen molar-refractivity contribution in [2.75, 3.05) is 62.3 Å². The van der Waals surface area contributed by atoms with Gasteiger partial charge in [-0.15, -0.1) is 5.10 Å². The number of benzene rings is 1. The number of nitrogens with zero attached hydrogens (tertiary/aromatic N) is 7. The molecule has 3 amide bonds. The zero-order chi connectivity index (χ0) is 27.5. The van der Waals surface area contributed by atoms with E-state index in [0.29, 0.717) is 58.1 Å². The van der Waals surface area contributed by atoms with Crippen LogP contribution in [0.15, 0.2) is 12.1 Å². The maximum absolute atomic E-state index is 15.2. The van der Waals surface area contributed by atoms with Gasteiger partial charge in [-0.2, -0.15) is 0 Å². The molecule has 1 aromatic carbocycles. The molecule has 3 saturated heterocycles. The molecule has 0 bridgehead atoms. The first-order chi connectivity index (χ1) is 18.8. The number of morpholine rings is 1. The molecule has 5 rings (SSSR count). The average molecular weight is 549 g/mol. The fourth-order valence-electron chi connectivity index (χ4n) is 5.11. The number of piperidine rings is 1. The van der Waals surface area contributed by atoms with Crippen LogP contribution >= 0.6 is 0 Å². The second-order valence-corrected chi connectivity index (χ2v) is 9.74. The first-order valence-electron chi connectivity index (χ1n) is 12.9. The fraction of sp³-hybridized carbons (Fsp3) is 0.583. The van der Waals surface area contributed by atoms with Crippen molar-refractivity contribution in [3.05, 3.63) is 29.6 Å². The van der Waals surface area contributed by atoms with Crippen molar-refractivity contribution < 1.29 is 32.6 Å². The predicted octanol–water partition coefficient (Wildman–Crippen LogP) is 0.655. The highest BCUT2D eigenvalue weighted by Crippen LogP contribution is 2.34. The van der Waals surface area contributed by atoms with Gasteiger partial charge in [0.2, 0.25) is 11.8 Å². The summed E-state index contributed by atoms with van der Waals surface area (Å²) in [6.45, 7) is 4.28. The van der Waals surface area contributed by atoms with E-state index in [2.05, 4.69) is 20.8 Å². The molecule has 1 atom stereocenters. The van der Waals surface area contributed by atoms with Crippen LogP contribution in [0.1, 0.15) is 31.6 Å². The third kappa shape index (κ3) is 5.92. The lowest BCUT2D eigenvalue weighted by atomic mass is 10.0. The van der Waals surface area contributed by atoms with Gasteiger partial charge in [0.25, 0.3) is 0 Å². The first kappa shape index (κ1) is 26.7. The van der Waals surface area contributed by atoms with Gasteiger partial charge in [-0.25, -0.2) is 18.3 Å². The van der Waals surface area contributed by atoms with Crippen molar-refractivity contribution in [3.8, 4) is 0 Å². The second-order valence-electron chi connectivity index (χ2n) is 9.74. The molecular formula is C24H30F2N8O5. The lowest BCUT2D eigenvalue weighted by Crippen LogP contribution is -2.42. The van der Waals surface area contributed by atoms with E-state index in [1.54, 1.807) is 14.5 Å². The zero-order valence-corrected chi connectivity index (χ0v) is 21.5. The number of nitrogens with one attached hydrogen (secondary N) is 1. The Bertz CT molecular complexity index is 1210. The second kappa shape index (κ2) is 11.5. The zero-order valence-electron chi connectivity index (χ0n) is 21.5. The predicted molar refractivity (Wildman–Crippen MR) is 132 cm³/mol. The van der Waals surface area contributed by atoms with Crippen LogP contribution in [-0.2, 0) is 25.5 Å². The number of carbonyl (C=O) groups excluding carboxylic acids is 3. The van der Waals surface area contributed by atoms with Gasteiger partial charge < -0.3 is 24.6 Å². The minimum atomic E-state index is -0.791. The van der Waals surface area contributed by atoms with Gasteiger partial charge in [-0.1, -0.05) is 0 Å². The average Bonchev–Trinajstić information content (AvgIpc) is 3.54. The highest BCUT2D eigenvalue weighted by atomic mass is 19.1. The summed E-state index contributed by atoms with van der Waals surface area (Å²) in [6, 6.07) is 2.11. The van der Waals surface area contributed by atoms with Crippen LogP contribution in [0.5, 0.6) is 0 Å². The third-order valence-corrected chi connectivity index (χ3v) is 7.13. The molecule has 3 aliphatic heterocycles. The van der Waals surface area contributed by atoms with Crippen LogP contribution in [0, 0.1) is 11.6 Å². The Kier molecular flexibility index (Phi) is 7.86. The Balaban J connectivity index is 1.21. The van der Waals surface area contributed by atoms with E-state index in [9.17, 15) is 14.4 Å². The van der Waals surface area contributed by atoms with Crippen LogP contribution in [0.25, 0.3) is 0 Å². The maximum Gasteiger partial charge on any atom is 0.414 e. The molecule has 4 heterocycles. The van der Waals surface area contributed by atoms with Crippen molar-refractivity contribution in [2.24, 2.45) is 0 Å². The van der Waals surface area contributed by atoms with Crippen molar-refractivity contribution in [2.45, 2.75) is 38.3 Å². The molecule has 1 N–H and O–H groups in total. The fourth-order valence-corrected chi connectivity index (χ4v) is 5.11. The van der Waals surface area contributed by atoms with Gasteiger partial charge in [-0.05, 0) is 23.3 Å². The van der Waals surface area contributed by atoms with Crippen LogP contribution in [0.2, 0.25) is 0 Å². The standard InChI is InChI=1S/C24H30F2N8O5/c1-15(35)27-13-18-14-33(24(37)39-18)17-10-19(25)23(20(26)11-17)32-4-2-16(3-5-32)34-21(28-29-30-34)12-22(36)31-6-8-38-9-7-31/h10-11,16,18H,2-9,12-14H2,1H3,(H,27,35). The summed E-state index contributed by atoms with van der Waals surface area (Å²) in [5, 5.41) is 14.4. The molecule has 15 heteroatoms. The number of hydrogen-bond donors (Lipinski definition) is 1. The van der Waals surface area contributed by atoms with E-state index in [-0.39, 0.29) is 48.7 Å². The van der Waals surface area contributed by atoms with E-state index in [0.717, 1.165) is 17.0 Å². The van der Waals surface area contributed by atoms with Gasteiger partial charge >= 0.3 is 6.09 Å². The number of halogens is 2. The molecule has 0 spiro atoms. The molecular weight excluding hydrogens is 518 g/mol. The SMILES string of the molecule is CC(=O)NCC1CN(c2cc(F)c(N3CCC(n4nnnc4CC(=O)N4CCOCC4)CC3)c(F)c2)C(=O)O1. The third-order valence-electron chi connectivity index (χ3n) is 7.13. The number of aromatic nitrogens is 4. The molecule has 0 radical (unpaired) electrons. The summed E-state index contributed by atoms with van der Waals surface area (Å²) in [4.78, 5) is 40.5. The molecule has 0 aliphatic carbocycles. The minimum absolute atomic E-state index is 0.0437. The number of carbonyl (C=O) groups is 3. The maximum atomic E-state index is 15.2. The number of cyclic esters (lactones) is 1. The summed E-state index contributed by atoms with van der Waals surface area (Å²) in [7, 11) is 0. The summed E-state index contributed by atoms with van der Waals surface area (Å²) >= 11 is 0. The number of rotatable bonds is 7. The van der Waals surface area contributed by atoms with Crippen molar-refractivity contribution >= 4 is 29.3 Å². The highest BCUT2D eigenvalue weighted by molar-refractivity contribution is 5.90. The van der Waals surface area contributed by atoms with Gasteiger partial charge in [0, 0.05) is 45.2 Å². The first-order valence-corrected chi connectivity index (χ1v) is 12.9. The monoisotopic (exact) mass is 548 g/mol. The van der Waals surface area contributed by atoms with Crippen molar-refractivity contribution in [1.82, 2.24) is 30.4 Å². The van der Waals surface area contributed by atoms with E-state index in [1.165, 1.54) is 6.92 Å². The van der Waals surface area contributed by atoms with Crippen molar-refractivity contribution in [3.63, 3.8) is 0 Å². The summed E-state index contributed by atoms with van der Waals surface area (Å²) in [5.74, 6) is -1.46. The normalized spacial score (nSPS) is 20.3. The quantitative estimate of drug-likeness (QED) is 0.529. The Hall–Kier alpha value is -3.88. The Morgan fingerprint density at radius 2 is 1.79 bits per heavy atom. The smallest absolute Gasteiger partial charge is 0.414 e. The number of tetrazole rings is 1. The Labute approximate surface area is 223 Å². The van der Waals surface area contributed by atoms with Crippen LogP contribution in [0.3, 0.4) is 0 Å². The molecule has 13 nitrogen and oxygen atoms in total. The molecule has 1 aromatic heterocycles. The van der Waals surface area contributed by atoms with E-state index in [1.807, 2.05) is 0 Å². The van der Waals surface area contributed by atoms with Crippen molar-refractivity contribution in [1.29, 1.82) is 0 Å². The molecule has 2 aromatic rings. The number of anilines is 2. The van der Waals surface area contributed by atoms with Crippen LogP contribution < -0.4 is 15.1 Å². The molecule has 210 valence electrons. The summed E-state index contributed by atoms with van der Waals surface area (Å²) in [5.41, 5.74) is -0.124. The molecule has 0 saturated carbocycles. The number of ether oxygens (including phenoxy) is 2. The Morgan fingerprint density at radius 3 is 2.46 bits per heavy atom. The van der Waals surface area contributed by atoms with E-state index in [4.69, 9.17) is 9.47 Å². The van der Waals surface area contributed by atoms with Crippen LogP contribution in [-0.4, -0.2) is 102 Å². The number of hydrogen-bond acceptors (Lipinski definition) is 9. The molecule has 39 heavy (non-hydrogen) atoms. The minimum Gasteiger partial charge on any atom is -0.442 e. The lowest BCUT2D eigenvalue weighted by molar-refractivity contribution is -0.134. The topological polar surface area (TPSA) is 135 Å². The molecule has 3 fully saturated rings. The van der Waals surface area contributed by atoms with Gasteiger partial charge in [0.15, 0.2) is 17.5 Å². The van der Waals surface area contributed by atoms with Gasteiger partial charge in [0.05, 0.1) is 44.5 Å². The molecule has 3 aliphatic rings. The lowest BCUT2D eigenvalue weighted by Gasteiger charge is -2.34. The summed E-state index contributed by atoms with van der Waals surface area (Å²) < 4.78 is 42.5. The largest absolute Gasteiger partial charge is 0.442 e. The molecule has 1 unspecified atom stereocenters. The Morgan fingerprint density at radius 1 is 1.10 bits per heavy atom. The summed E-state index contributed by atoms with van der Waals surface area (Å²) in [6.07, 6.45) is -0.238. The number of amides is 3. The van der Waals surface area contributed by atoms with Crippen LogP contribution in [0.4, 0.5) is 25.0 Å². The van der Waals surface area contributed by atoms with Gasteiger partial charge in [0.1, 0.15) is 11.8 Å². The van der Waals surface area contributed by atoms with Gasteiger partial charge in [-0.3, -0.25) is 14.5 Å². The van der Waals surface area contributed by atoms with E-state index < -0.39 is 23.8 Å². The van der Waals surface area contributed by atoms with E-state index >= 15 is 8.78 Å². The highest BCUT2D eigenvalue weighted by Gasteiger charge is 2.34.